The fraction of sp³-hybridized carbons (Fsp3) is 0.833. The molecule has 88 valence electrons. The summed E-state index contributed by atoms with van der Waals surface area (Å²) in [4.78, 5) is 2.26. The van der Waals surface area contributed by atoms with E-state index >= 15 is 0 Å². The Morgan fingerprint density at radius 1 is 1.47 bits per heavy atom. The molecule has 0 bridgehead atoms. The van der Waals surface area contributed by atoms with E-state index in [1.54, 1.807) is 7.11 Å². The van der Waals surface area contributed by atoms with Gasteiger partial charge in [0, 0.05) is 19.7 Å². The molecule has 0 aliphatic rings. The lowest BCUT2D eigenvalue weighted by molar-refractivity contribution is 0.101. The minimum atomic E-state index is 0.377. The molecule has 3 heteroatoms. The minimum Gasteiger partial charge on any atom is -0.383 e. The van der Waals surface area contributed by atoms with E-state index in [1.165, 1.54) is 0 Å². The Labute approximate surface area is 94.2 Å². The largest absolute Gasteiger partial charge is 0.383 e. The second kappa shape index (κ2) is 9.97. The average Bonchev–Trinajstić information content (AvgIpc) is 2.25. The van der Waals surface area contributed by atoms with Crippen molar-refractivity contribution in [2.24, 2.45) is 0 Å². The monoisotopic (exact) mass is 212 g/mol. The van der Waals surface area contributed by atoms with Crippen LogP contribution in [-0.2, 0) is 4.74 Å². The molecule has 0 rings (SSSR count). The van der Waals surface area contributed by atoms with Crippen LogP contribution >= 0.6 is 0 Å². The minimum absolute atomic E-state index is 0.377. The zero-order valence-electron chi connectivity index (χ0n) is 10.3. The fourth-order valence-corrected chi connectivity index (χ4v) is 1.55. The average molecular weight is 212 g/mol. The summed E-state index contributed by atoms with van der Waals surface area (Å²) in [6, 6.07) is 0.377. The Bertz CT molecular complexity index is 177. The molecular formula is C12H24N2O. The van der Waals surface area contributed by atoms with E-state index in [0.29, 0.717) is 12.6 Å². The van der Waals surface area contributed by atoms with Gasteiger partial charge in [0.05, 0.1) is 13.2 Å². The predicted octanol–water partition coefficient (Wildman–Crippen LogP) is 0.956. The van der Waals surface area contributed by atoms with Gasteiger partial charge in [0.15, 0.2) is 0 Å². The van der Waals surface area contributed by atoms with Crippen LogP contribution in [0, 0.1) is 12.3 Å². The van der Waals surface area contributed by atoms with Gasteiger partial charge in [-0.1, -0.05) is 19.8 Å². The lowest BCUT2D eigenvalue weighted by Crippen LogP contribution is -2.45. The lowest BCUT2D eigenvalue weighted by Gasteiger charge is -2.28. The molecule has 0 aromatic heterocycles. The molecule has 0 fully saturated rings. The third-order valence-corrected chi connectivity index (χ3v) is 2.38. The molecule has 1 unspecified atom stereocenters. The second-order valence-corrected chi connectivity index (χ2v) is 3.58. The number of nitrogens with one attached hydrogen (secondary N) is 1. The molecular weight excluding hydrogens is 188 g/mol. The maximum Gasteiger partial charge on any atom is 0.0630 e. The third kappa shape index (κ3) is 6.51. The van der Waals surface area contributed by atoms with Crippen molar-refractivity contribution in [3.63, 3.8) is 0 Å². The summed E-state index contributed by atoms with van der Waals surface area (Å²) in [6.07, 6.45) is 6.49. The SMILES string of the molecule is C#CCN(CC)C(CNCCC)COC. The topological polar surface area (TPSA) is 24.5 Å². The van der Waals surface area contributed by atoms with E-state index in [4.69, 9.17) is 11.2 Å². The highest BCUT2D eigenvalue weighted by atomic mass is 16.5. The molecule has 0 radical (unpaired) electrons. The second-order valence-electron chi connectivity index (χ2n) is 3.58. The van der Waals surface area contributed by atoms with Crippen LogP contribution in [0.2, 0.25) is 0 Å². The fourth-order valence-electron chi connectivity index (χ4n) is 1.55. The van der Waals surface area contributed by atoms with Crippen molar-refractivity contribution in [2.45, 2.75) is 26.3 Å². The Hall–Kier alpha value is -0.560. The van der Waals surface area contributed by atoms with Gasteiger partial charge in [0.1, 0.15) is 0 Å². The summed E-state index contributed by atoms with van der Waals surface area (Å²) in [5.74, 6) is 2.69. The number of terminal acetylenes is 1. The van der Waals surface area contributed by atoms with Crippen LogP contribution in [0.5, 0.6) is 0 Å². The Balaban J connectivity index is 4.03. The molecule has 0 saturated carbocycles. The molecule has 15 heavy (non-hydrogen) atoms. The van der Waals surface area contributed by atoms with Crippen molar-refractivity contribution in [2.75, 3.05) is 39.9 Å². The molecule has 0 aromatic rings. The molecule has 3 nitrogen and oxygen atoms in total. The summed E-state index contributed by atoms with van der Waals surface area (Å²) >= 11 is 0. The summed E-state index contributed by atoms with van der Waals surface area (Å²) < 4.78 is 5.21. The number of likely N-dealkylation sites (N-methyl/N-ethyl adjacent to an activating group) is 1. The zero-order valence-corrected chi connectivity index (χ0v) is 10.3. The highest BCUT2D eigenvalue weighted by Crippen LogP contribution is 1.98. The summed E-state index contributed by atoms with van der Waals surface area (Å²) in [6.45, 7) is 8.67. The predicted molar refractivity (Wildman–Crippen MR) is 64.9 cm³/mol. The van der Waals surface area contributed by atoms with Gasteiger partial charge < -0.3 is 10.1 Å². The van der Waals surface area contributed by atoms with Gasteiger partial charge in [0.2, 0.25) is 0 Å². The Morgan fingerprint density at radius 3 is 2.67 bits per heavy atom. The van der Waals surface area contributed by atoms with E-state index in [9.17, 15) is 0 Å². The number of methoxy groups -OCH3 is 1. The summed E-state index contributed by atoms with van der Waals surface area (Å²) in [5, 5.41) is 3.40. The molecule has 0 aliphatic heterocycles. The van der Waals surface area contributed by atoms with Crippen molar-refractivity contribution in [3.8, 4) is 12.3 Å². The first-order chi connectivity index (χ1) is 7.29. The van der Waals surface area contributed by atoms with Gasteiger partial charge in [0.25, 0.3) is 0 Å². The van der Waals surface area contributed by atoms with E-state index in [1.807, 2.05) is 0 Å². The van der Waals surface area contributed by atoms with Crippen LogP contribution < -0.4 is 5.32 Å². The highest BCUT2D eigenvalue weighted by molar-refractivity contribution is 4.90. The zero-order chi connectivity index (χ0) is 11.5. The van der Waals surface area contributed by atoms with Crippen LogP contribution in [0.15, 0.2) is 0 Å². The number of hydrogen-bond donors (Lipinski definition) is 1. The molecule has 1 atom stereocenters. The van der Waals surface area contributed by atoms with Crippen molar-refractivity contribution in [1.29, 1.82) is 0 Å². The smallest absolute Gasteiger partial charge is 0.0630 e. The van der Waals surface area contributed by atoms with Gasteiger partial charge in [-0.3, -0.25) is 4.90 Å². The van der Waals surface area contributed by atoms with Crippen LogP contribution in [0.4, 0.5) is 0 Å². The first-order valence-electron chi connectivity index (χ1n) is 5.67. The van der Waals surface area contributed by atoms with Gasteiger partial charge in [-0.25, -0.2) is 0 Å². The van der Waals surface area contributed by atoms with E-state index in [-0.39, 0.29) is 0 Å². The van der Waals surface area contributed by atoms with Gasteiger partial charge >= 0.3 is 0 Å². The van der Waals surface area contributed by atoms with Crippen molar-refractivity contribution in [1.82, 2.24) is 10.2 Å². The maximum atomic E-state index is 5.34. The highest BCUT2D eigenvalue weighted by Gasteiger charge is 2.15. The summed E-state index contributed by atoms with van der Waals surface area (Å²) in [5.41, 5.74) is 0. The molecule has 1 N–H and O–H groups in total. The number of nitrogens with zero attached hydrogens (tertiary/aromatic N) is 1. The van der Waals surface area contributed by atoms with Gasteiger partial charge in [-0.15, -0.1) is 6.42 Å². The first-order valence-corrected chi connectivity index (χ1v) is 5.67. The number of hydrogen-bond acceptors (Lipinski definition) is 3. The van der Waals surface area contributed by atoms with Gasteiger partial charge in [-0.2, -0.15) is 0 Å². The van der Waals surface area contributed by atoms with Crippen LogP contribution in [0.1, 0.15) is 20.3 Å². The molecule has 0 amide bonds. The normalized spacial score (nSPS) is 12.7. The molecule has 0 spiro atoms. The summed E-state index contributed by atoms with van der Waals surface area (Å²) in [7, 11) is 1.73. The third-order valence-electron chi connectivity index (χ3n) is 2.38. The van der Waals surface area contributed by atoms with Crippen LogP contribution in [0.25, 0.3) is 0 Å². The van der Waals surface area contributed by atoms with Crippen molar-refractivity contribution < 1.29 is 4.74 Å². The molecule has 0 aromatic carbocycles. The van der Waals surface area contributed by atoms with Crippen molar-refractivity contribution in [3.05, 3.63) is 0 Å². The lowest BCUT2D eigenvalue weighted by atomic mass is 10.2. The quantitative estimate of drug-likeness (QED) is 0.455. The molecule has 0 heterocycles. The van der Waals surface area contributed by atoms with Crippen molar-refractivity contribution >= 4 is 0 Å². The van der Waals surface area contributed by atoms with E-state index < -0.39 is 0 Å². The maximum absolute atomic E-state index is 5.34. The van der Waals surface area contributed by atoms with Gasteiger partial charge in [-0.05, 0) is 19.5 Å². The van der Waals surface area contributed by atoms with Crippen LogP contribution in [-0.4, -0.2) is 50.8 Å². The molecule has 0 aliphatic carbocycles. The van der Waals surface area contributed by atoms with Crippen LogP contribution in [0.3, 0.4) is 0 Å². The standard InChI is InChI=1S/C12H24N2O/c1-5-8-13-10-12(11-15-4)14(7-3)9-6-2/h2,12-13H,5,7-11H2,1,3-4H3. The first kappa shape index (κ1) is 14.4. The Kier molecular flexibility index (Phi) is 9.60. The van der Waals surface area contributed by atoms with E-state index in [2.05, 4.69) is 30.0 Å². The molecule has 0 saturated heterocycles. The Morgan fingerprint density at radius 2 is 2.20 bits per heavy atom. The number of rotatable bonds is 9. The number of ether oxygens (including phenoxy) is 1. The van der Waals surface area contributed by atoms with E-state index in [0.717, 1.165) is 32.7 Å².